The molecule has 0 spiro atoms. The largest absolute Gasteiger partial charge is 0.465 e. The zero-order valence-corrected chi connectivity index (χ0v) is 9.10. The zero-order valence-electron chi connectivity index (χ0n) is 9.10. The molecule has 0 aromatic rings. The molecule has 6 heteroatoms. The molecule has 0 bridgehead atoms. The van der Waals surface area contributed by atoms with Crippen LogP contribution >= 0.6 is 0 Å². The Morgan fingerprint density at radius 3 is 2.82 bits per heavy atom. The van der Waals surface area contributed by atoms with Gasteiger partial charge in [-0.25, -0.2) is 4.79 Å². The highest BCUT2D eigenvalue weighted by Gasteiger charge is 2.25. The molecule has 2 rings (SSSR count). The second-order valence-corrected chi connectivity index (χ2v) is 3.87. The Morgan fingerprint density at radius 1 is 1.41 bits per heavy atom. The van der Waals surface area contributed by atoms with Crippen molar-refractivity contribution in [1.29, 1.82) is 0 Å². The number of oxime groups is 1. The van der Waals surface area contributed by atoms with E-state index in [4.69, 9.17) is 16.0 Å². The first kappa shape index (κ1) is 11.3. The minimum absolute atomic E-state index is 0.0602. The fraction of sp³-hybridized carbons (Fsp3) is 0.273. The lowest BCUT2D eigenvalue weighted by Crippen LogP contribution is -2.20. The van der Waals surface area contributed by atoms with Gasteiger partial charge in [0.2, 0.25) is 0 Å². The van der Waals surface area contributed by atoms with E-state index in [1.807, 2.05) is 6.08 Å². The lowest BCUT2D eigenvalue weighted by atomic mass is 9.93. The number of allylic oxidation sites excluding steroid dienone is 4. The van der Waals surface area contributed by atoms with Gasteiger partial charge in [0, 0.05) is 11.3 Å². The quantitative estimate of drug-likeness (QED) is 0.250. The predicted octanol–water partition coefficient (Wildman–Crippen LogP) is 1.30. The summed E-state index contributed by atoms with van der Waals surface area (Å²) >= 11 is 0. The average Bonchev–Trinajstić information content (AvgIpc) is 2.71. The van der Waals surface area contributed by atoms with E-state index in [9.17, 15) is 4.79 Å². The number of fused-ring (bicyclic) bond motifs is 1. The number of nitrogens with zero attached hydrogens (tertiary/aromatic N) is 1. The summed E-state index contributed by atoms with van der Waals surface area (Å²) in [6, 6.07) is 0. The van der Waals surface area contributed by atoms with Crippen LogP contribution in [0.1, 0.15) is 19.3 Å². The minimum Gasteiger partial charge on any atom is -0.465 e. The van der Waals surface area contributed by atoms with Crippen molar-refractivity contribution in [3.8, 4) is 0 Å². The maximum absolute atomic E-state index is 10.6. The van der Waals surface area contributed by atoms with Crippen LogP contribution in [0.25, 0.3) is 0 Å². The van der Waals surface area contributed by atoms with Crippen molar-refractivity contribution in [2.24, 2.45) is 10.9 Å². The standard InChI is InChI=1S/C11H13N3O3/c12-10(14-17)8-3-1-2-7-6(8)4-5-9(7)13-11(15)16/h1,3,13,17H,2,4-5H2,(H2,12,14)(H,15,16). The van der Waals surface area contributed by atoms with Gasteiger partial charge in [-0.15, -0.1) is 0 Å². The summed E-state index contributed by atoms with van der Waals surface area (Å²) < 4.78 is 0. The Morgan fingerprint density at radius 2 is 2.18 bits per heavy atom. The summed E-state index contributed by atoms with van der Waals surface area (Å²) in [7, 11) is 0. The van der Waals surface area contributed by atoms with E-state index < -0.39 is 6.09 Å². The van der Waals surface area contributed by atoms with Gasteiger partial charge >= 0.3 is 6.09 Å². The molecule has 0 saturated heterocycles. The minimum atomic E-state index is -1.06. The molecule has 0 heterocycles. The molecule has 2 aliphatic rings. The number of amidine groups is 1. The number of rotatable bonds is 2. The number of amides is 1. The third-order valence-electron chi connectivity index (χ3n) is 2.93. The van der Waals surface area contributed by atoms with E-state index in [-0.39, 0.29) is 5.84 Å². The van der Waals surface area contributed by atoms with Crippen molar-refractivity contribution in [2.45, 2.75) is 19.3 Å². The molecule has 1 amide bonds. The first-order valence-corrected chi connectivity index (χ1v) is 5.23. The number of carboxylic acid groups (broad SMARTS) is 1. The van der Waals surface area contributed by atoms with Crippen LogP contribution in [0.4, 0.5) is 4.79 Å². The predicted molar refractivity (Wildman–Crippen MR) is 61.6 cm³/mol. The maximum atomic E-state index is 10.6. The Bertz CT molecular complexity index is 486. The molecule has 0 aromatic heterocycles. The molecule has 0 saturated carbocycles. The molecule has 0 fully saturated rings. The number of nitrogens with two attached hydrogens (primary N) is 1. The Labute approximate surface area is 97.8 Å². The first-order chi connectivity index (χ1) is 8.13. The highest BCUT2D eigenvalue weighted by molar-refractivity contribution is 6.01. The van der Waals surface area contributed by atoms with Crippen molar-refractivity contribution in [2.75, 3.05) is 0 Å². The third kappa shape index (κ3) is 2.01. The van der Waals surface area contributed by atoms with Crippen LogP contribution in [0.3, 0.4) is 0 Å². The number of hydrogen-bond acceptors (Lipinski definition) is 3. The highest BCUT2D eigenvalue weighted by atomic mass is 16.4. The van der Waals surface area contributed by atoms with Crippen molar-refractivity contribution in [3.63, 3.8) is 0 Å². The summed E-state index contributed by atoms with van der Waals surface area (Å²) in [6.45, 7) is 0. The van der Waals surface area contributed by atoms with Crippen LogP contribution in [0.5, 0.6) is 0 Å². The molecule has 17 heavy (non-hydrogen) atoms. The maximum Gasteiger partial charge on any atom is 0.408 e. The Balaban J connectivity index is 2.41. The van der Waals surface area contributed by atoms with Crippen LogP contribution in [0.2, 0.25) is 0 Å². The van der Waals surface area contributed by atoms with Gasteiger partial charge in [0.15, 0.2) is 5.84 Å². The number of nitrogens with one attached hydrogen (secondary N) is 1. The summed E-state index contributed by atoms with van der Waals surface area (Å²) in [6.07, 6.45) is 4.64. The fourth-order valence-electron chi connectivity index (χ4n) is 2.23. The zero-order chi connectivity index (χ0) is 12.4. The van der Waals surface area contributed by atoms with Gasteiger partial charge in [0.25, 0.3) is 0 Å². The van der Waals surface area contributed by atoms with Crippen molar-refractivity contribution < 1.29 is 15.1 Å². The van der Waals surface area contributed by atoms with Gasteiger partial charge in [-0.3, -0.25) is 5.32 Å². The second-order valence-electron chi connectivity index (χ2n) is 3.87. The topological polar surface area (TPSA) is 108 Å². The van der Waals surface area contributed by atoms with E-state index in [0.29, 0.717) is 30.5 Å². The summed E-state index contributed by atoms with van der Waals surface area (Å²) in [5, 5.41) is 22.8. The third-order valence-corrected chi connectivity index (χ3v) is 2.93. The molecule has 0 unspecified atom stereocenters. The molecule has 0 radical (unpaired) electrons. The SMILES string of the molecule is NC(=NO)C1=C2CCC(NC(=O)O)=C2CC=C1. The lowest BCUT2D eigenvalue weighted by molar-refractivity contribution is 0.197. The molecule has 5 N–H and O–H groups in total. The van der Waals surface area contributed by atoms with Crippen molar-refractivity contribution >= 4 is 11.9 Å². The van der Waals surface area contributed by atoms with E-state index in [1.54, 1.807) is 6.08 Å². The van der Waals surface area contributed by atoms with E-state index in [0.717, 1.165) is 11.1 Å². The van der Waals surface area contributed by atoms with E-state index >= 15 is 0 Å². The summed E-state index contributed by atoms with van der Waals surface area (Å²) in [5.74, 6) is 0.0602. The van der Waals surface area contributed by atoms with Crippen LogP contribution in [-0.2, 0) is 0 Å². The molecular formula is C11H13N3O3. The average molecular weight is 235 g/mol. The van der Waals surface area contributed by atoms with Crippen molar-refractivity contribution in [1.82, 2.24) is 5.32 Å². The van der Waals surface area contributed by atoms with Gasteiger partial charge in [-0.1, -0.05) is 17.3 Å². The van der Waals surface area contributed by atoms with Crippen LogP contribution in [-0.4, -0.2) is 22.2 Å². The van der Waals surface area contributed by atoms with Gasteiger partial charge in [-0.2, -0.15) is 0 Å². The normalized spacial score (nSPS) is 19.6. The van der Waals surface area contributed by atoms with Crippen LogP contribution in [0.15, 0.2) is 39.7 Å². The van der Waals surface area contributed by atoms with Gasteiger partial charge in [0.05, 0.1) is 0 Å². The highest BCUT2D eigenvalue weighted by Crippen LogP contribution is 2.37. The molecule has 6 nitrogen and oxygen atoms in total. The van der Waals surface area contributed by atoms with Gasteiger partial charge in [0.1, 0.15) is 0 Å². The molecule has 90 valence electrons. The Hall–Kier alpha value is -2.24. The monoisotopic (exact) mass is 235 g/mol. The molecular weight excluding hydrogens is 222 g/mol. The molecule has 0 aliphatic heterocycles. The van der Waals surface area contributed by atoms with Crippen LogP contribution in [0, 0.1) is 0 Å². The number of carbonyl (C=O) groups is 1. The van der Waals surface area contributed by atoms with Crippen molar-refractivity contribution in [3.05, 3.63) is 34.6 Å². The summed E-state index contributed by atoms with van der Waals surface area (Å²) in [4.78, 5) is 10.6. The fourth-order valence-corrected chi connectivity index (χ4v) is 2.23. The van der Waals surface area contributed by atoms with E-state index in [1.165, 1.54) is 0 Å². The lowest BCUT2D eigenvalue weighted by Gasteiger charge is -2.14. The molecule has 0 aromatic carbocycles. The molecule has 2 aliphatic carbocycles. The number of hydrogen-bond donors (Lipinski definition) is 4. The molecule has 0 atom stereocenters. The Kier molecular flexibility index (Phi) is 2.86. The smallest absolute Gasteiger partial charge is 0.408 e. The second kappa shape index (κ2) is 4.32. The van der Waals surface area contributed by atoms with Crippen LogP contribution < -0.4 is 11.1 Å². The summed E-state index contributed by atoms with van der Waals surface area (Å²) in [5.41, 5.74) is 8.87. The van der Waals surface area contributed by atoms with Gasteiger partial charge in [-0.05, 0) is 30.4 Å². The first-order valence-electron chi connectivity index (χ1n) is 5.23. The van der Waals surface area contributed by atoms with E-state index in [2.05, 4.69) is 10.5 Å². The van der Waals surface area contributed by atoms with Gasteiger partial charge < -0.3 is 16.0 Å².